The summed E-state index contributed by atoms with van der Waals surface area (Å²) >= 11 is 0. The van der Waals surface area contributed by atoms with Crippen molar-refractivity contribution in [3.63, 3.8) is 0 Å². The molecule has 0 amide bonds. The zero-order chi connectivity index (χ0) is 9.10. The van der Waals surface area contributed by atoms with Crippen LogP contribution in [0.15, 0.2) is 0 Å². The van der Waals surface area contributed by atoms with Gasteiger partial charge in [-0.2, -0.15) is 0 Å². The van der Waals surface area contributed by atoms with Crippen molar-refractivity contribution >= 4 is 0 Å². The average molecular weight is 180 g/mol. The molecule has 2 saturated carbocycles. The van der Waals surface area contributed by atoms with Gasteiger partial charge in [0.2, 0.25) is 0 Å². The first-order chi connectivity index (χ1) is 6.42. The molecule has 0 spiro atoms. The largest absolute Gasteiger partial charge is 0.0651 e. The zero-order valence-electron chi connectivity index (χ0n) is 9.10. The van der Waals surface area contributed by atoms with Crippen molar-refractivity contribution < 1.29 is 0 Å². The summed E-state index contributed by atoms with van der Waals surface area (Å²) in [5.41, 5.74) is 0. The molecule has 0 saturated heterocycles. The molecule has 0 aromatic carbocycles. The van der Waals surface area contributed by atoms with Crippen LogP contribution in [0.5, 0.6) is 0 Å². The smallest absolute Gasteiger partial charge is 0.0360 e. The minimum atomic E-state index is 1.10. The van der Waals surface area contributed by atoms with Crippen molar-refractivity contribution in [2.24, 2.45) is 17.8 Å². The van der Waals surface area contributed by atoms with Gasteiger partial charge in [-0.25, -0.2) is 0 Å². The lowest BCUT2D eigenvalue weighted by atomic mass is 9.78. The molecule has 13 heavy (non-hydrogen) atoms. The first-order valence-electron chi connectivity index (χ1n) is 6.42. The Morgan fingerprint density at radius 2 is 1.23 bits per heavy atom. The SMILES string of the molecule is CCC(C1CCCC1)C1CCCC1. The van der Waals surface area contributed by atoms with Crippen LogP contribution in [0.2, 0.25) is 0 Å². The second-order valence-electron chi connectivity index (χ2n) is 5.16. The van der Waals surface area contributed by atoms with E-state index in [4.69, 9.17) is 0 Å². The second kappa shape index (κ2) is 4.48. The Balaban J connectivity index is 1.90. The molecule has 0 heteroatoms. The highest BCUT2D eigenvalue weighted by Gasteiger charge is 2.31. The first kappa shape index (κ1) is 9.55. The molecule has 0 heterocycles. The topological polar surface area (TPSA) is 0 Å². The monoisotopic (exact) mass is 180 g/mol. The van der Waals surface area contributed by atoms with E-state index >= 15 is 0 Å². The predicted octanol–water partition coefficient (Wildman–Crippen LogP) is 4.39. The summed E-state index contributed by atoms with van der Waals surface area (Å²) < 4.78 is 0. The van der Waals surface area contributed by atoms with Crippen LogP contribution >= 0.6 is 0 Å². The van der Waals surface area contributed by atoms with Crippen molar-refractivity contribution in [3.8, 4) is 0 Å². The van der Waals surface area contributed by atoms with Crippen molar-refractivity contribution in [3.05, 3.63) is 0 Å². The maximum absolute atomic E-state index is 2.42. The van der Waals surface area contributed by atoms with Gasteiger partial charge in [0.15, 0.2) is 0 Å². The van der Waals surface area contributed by atoms with E-state index in [-0.39, 0.29) is 0 Å². The van der Waals surface area contributed by atoms with E-state index < -0.39 is 0 Å². The van der Waals surface area contributed by atoms with Crippen molar-refractivity contribution in [2.45, 2.75) is 64.7 Å². The molecule has 2 aliphatic rings. The van der Waals surface area contributed by atoms with E-state index in [1.807, 2.05) is 0 Å². The molecule has 76 valence electrons. The third kappa shape index (κ3) is 2.08. The summed E-state index contributed by atoms with van der Waals surface area (Å²) in [5.74, 6) is 3.34. The molecule has 2 rings (SSSR count). The molecule has 0 nitrogen and oxygen atoms in total. The molecule has 2 fully saturated rings. The molecule has 0 aromatic rings. The fourth-order valence-electron chi connectivity index (χ4n) is 3.82. The van der Waals surface area contributed by atoms with Crippen LogP contribution in [0.1, 0.15) is 64.7 Å². The van der Waals surface area contributed by atoms with Gasteiger partial charge in [-0.15, -0.1) is 0 Å². The number of hydrogen-bond acceptors (Lipinski definition) is 0. The molecule has 2 aliphatic carbocycles. The zero-order valence-corrected chi connectivity index (χ0v) is 9.10. The Kier molecular flexibility index (Phi) is 3.29. The fourth-order valence-corrected chi connectivity index (χ4v) is 3.82. The van der Waals surface area contributed by atoms with Gasteiger partial charge in [-0.3, -0.25) is 0 Å². The van der Waals surface area contributed by atoms with Crippen LogP contribution in [0.4, 0.5) is 0 Å². The molecular weight excluding hydrogens is 156 g/mol. The molecular formula is C13H24. The Morgan fingerprint density at radius 3 is 1.54 bits per heavy atom. The highest BCUT2D eigenvalue weighted by molar-refractivity contribution is 4.82. The first-order valence-corrected chi connectivity index (χ1v) is 6.42. The normalized spacial score (nSPS) is 26.3. The maximum Gasteiger partial charge on any atom is -0.0360 e. The lowest BCUT2D eigenvalue weighted by Gasteiger charge is -2.27. The third-order valence-electron chi connectivity index (χ3n) is 4.48. The van der Waals surface area contributed by atoms with Crippen LogP contribution in [0.3, 0.4) is 0 Å². The molecule has 0 bridgehead atoms. The van der Waals surface area contributed by atoms with E-state index in [0.29, 0.717) is 0 Å². The predicted molar refractivity (Wildman–Crippen MR) is 57.7 cm³/mol. The minimum absolute atomic E-state index is 1.10. The van der Waals surface area contributed by atoms with Gasteiger partial charge in [0.1, 0.15) is 0 Å². The molecule has 0 unspecified atom stereocenters. The van der Waals surface area contributed by atoms with Gasteiger partial charge in [-0.1, -0.05) is 64.7 Å². The molecule has 0 atom stereocenters. The van der Waals surface area contributed by atoms with Crippen molar-refractivity contribution in [1.82, 2.24) is 0 Å². The Hall–Kier alpha value is 0. The highest BCUT2D eigenvalue weighted by atomic mass is 14.4. The summed E-state index contributed by atoms with van der Waals surface area (Å²) in [4.78, 5) is 0. The summed E-state index contributed by atoms with van der Waals surface area (Å²) in [7, 11) is 0. The maximum atomic E-state index is 2.42. The summed E-state index contributed by atoms with van der Waals surface area (Å²) in [5, 5.41) is 0. The lowest BCUT2D eigenvalue weighted by molar-refractivity contribution is 0.223. The molecule has 0 radical (unpaired) electrons. The van der Waals surface area contributed by atoms with Crippen LogP contribution in [0, 0.1) is 17.8 Å². The standard InChI is InChI=1S/C13H24/c1-2-13(11-7-3-4-8-11)12-9-5-6-10-12/h11-13H,2-10H2,1H3. The van der Waals surface area contributed by atoms with Gasteiger partial charge < -0.3 is 0 Å². The van der Waals surface area contributed by atoms with Crippen LogP contribution in [-0.4, -0.2) is 0 Å². The average Bonchev–Trinajstić information content (AvgIpc) is 2.76. The van der Waals surface area contributed by atoms with E-state index in [1.165, 1.54) is 32.1 Å². The van der Waals surface area contributed by atoms with Gasteiger partial charge in [0, 0.05) is 0 Å². The Bertz CT molecular complexity index is 122. The van der Waals surface area contributed by atoms with E-state index in [0.717, 1.165) is 17.8 Å². The van der Waals surface area contributed by atoms with Crippen LogP contribution in [-0.2, 0) is 0 Å². The summed E-state index contributed by atoms with van der Waals surface area (Å²) in [6.07, 6.45) is 13.7. The Morgan fingerprint density at radius 1 is 0.846 bits per heavy atom. The van der Waals surface area contributed by atoms with E-state index in [2.05, 4.69) is 6.92 Å². The Labute approximate surface area is 83.1 Å². The minimum Gasteiger partial charge on any atom is -0.0651 e. The van der Waals surface area contributed by atoms with Crippen LogP contribution < -0.4 is 0 Å². The quantitative estimate of drug-likeness (QED) is 0.604. The van der Waals surface area contributed by atoms with Crippen molar-refractivity contribution in [1.29, 1.82) is 0 Å². The molecule has 0 aliphatic heterocycles. The van der Waals surface area contributed by atoms with Gasteiger partial charge >= 0.3 is 0 Å². The second-order valence-corrected chi connectivity index (χ2v) is 5.16. The van der Waals surface area contributed by atoms with Crippen LogP contribution in [0.25, 0.3) is 0 Å². The van der Waals surface area contributed by atoms with Gasteiger partial charge in [0.05, 0.1) is 0 Å². The summed E-state index contributed by atoms with van der Waals surface area (Å²) in [6, 6.07) is 0. The van der Waals surface area contributed by atoms with Gasteiger partial charge in [0.25, 0.3) is 0 Å². The third-order valence-corrected chi connectivity index (χ3v) is 4.48. The number of hydrogen-bond donors (Lipinski definition) is 0. The lowest BCUT2D eigenvalue weighted by Crippen LogP contribution is -2.19. The van der Waals surface area contributed by atoms with E-state index in [9.17, 15) is 0 Å². The number of rotatable bonds is 3. The van der Waals surface area contributed by atoms with Gasteiger partial charge in [-0.05, 0) is 17.8 Å². The van der Waals surface area contributed by atoms with Crippen molar-refractivity contribution in [2.75, 3.05) is 0 Å². The fraction of sp³-hybridized carbons (Fsp3) is 1.00. The summed E-state index contributed by atoms with van der Waals surface area (Å²) in [6.45, 7) is 2.42. The molecule has 0 aromatic heterocycles. The van der Waals surface area contributed by atoms with E-state index in [1.54, 1.807) is 25.7 Å². The highest BCUT2D eigenvalue weighted by Crippen LogP contribution is 2.42. The molecule has 0 N–H and O–H groups in total.